The number of hydrogen-bond donors (Lipinski definition) is 3. The van der Waals surface area contributed by atoms with Gasteiger partial charge in [-0.2, -0.15) is 5.10 Å². The van der Waals surface area contributed by atoms with Crippen LogP contribution in [-0.4, -0.2) is 50.6 Å². The summed E-state index contributed by atoms with van der Waals surface area (Å²) < 4.78 is 17.9. The highest BCUT2D eigenvalue weighted by atomic mass is 19.1. The first-order chi connectivity index (χ1) is 18.7. The number of pyridine rings is 3. The molecule has 0 saturated carbocycles. The van der Waals surface area contributed by atoms with Crippen molar-refractivity contribution in [2.45, 2.75) is 34.1 Å². The van der Waals surface area contributed by atoms with E-state index in [0.717, 1.165) is 11.2 Å². The molecule has 6 aromatic rings. The van der Waals surface area contributed by atoms with Crippen molar-refractivity contribution in [3.8, 4) is 28.5 Å². The molecular weight excluding hydrogens is 499 g/mol. The molecule has 6 rings (SSSR count). The molecule has 6 aromatic heterocycles. The summed E-state index contributed by atoms with van der Waals surface area (Å²) in [5.74, 6) is 0.304. The third kappa shape index (κ3) is 4.60. The van der Waals surface area contributed by atoms with Crippen LogP contribution in [0.3, 0.4) is 0 Å². The maximum absolute atomic E-state index is 16.1. The Balaban J connectivity index is 1.40. The molecule has 0 fully saturated rings. The van der Waals surface area contributed by atoms with Gasteiger partial charge in [-0.15, -0.1) is 0 Å². The average molecular weight is 525 g/mol. The van der Waals surface area contributed by atoms with E-state index in [1.807, 2.05) is 33.9 Å². The standard InChI is InChI=1S/C27H25FN10O/c1-14-12-38(13-32-14)26-22-18(5-6-30-26)34-25(35-22)23-20-21(28)17(11-31-24(20)37-36-23)15-7-16(10-29-9-15)33-19(39)8-27(2,3)4/h5-7,9-13H,8H2,1-4H3,(H,33,39)(H,34,35)(H,31,36,37). The molecule has 0 aliphatic heterocycles. The lowest BCUT2D eigenvalue weighted by molar-refractivity contribution is -0.117. The lowest BCUT2D eigenvalue weighted by atomic mass is 9.92. The molecule has 0 radical (unpaired) electrons. The van der Waals surface area contributed by atoms with Crippen LogP contribution in [0.5, 0.6) is 0 Å². The summed E-state index contributed by atoms with van der Waals surface area (Å²) in [5, 5.41) is 10.1. The van der Waals surface area contributed by atoms with Gasteiger partial charge in [-0.1, -0.05) is 20.8 Å². The molecule has 0 unspecified atom stereocenters. The fraction of sp³-hybridized carbons (Fsp3) is 0.222. The number of fused-ring (bicyclic) bond motifs is 2. The first-order valence-corrected chi connectivity index (χ1v) is 12.3. The number of aromatic nitrogens is 9. The number of nitrogens with zero attached hydrogens (tertiary/aromatic N) is 7. The van der Waals surface area contributed by atoms with E-state index in [4.69, 9.17) is 4.98 Å². The third-order valence-corrected chi connectivity index (χ3v) is 6.12. The highest BCUT2D eigenvalue weighted by molar-refractivity contribution is 5.96. The van der Waals surface area contributed by atoms with Gasteiger partial charge in [0.1, 0.15) is 23.4 Å². The van der Waals surface area contributed by atoms with Crippen LogP contribution >= 0.6 is 0 Å². The van der Waals surface area contributed by atoms with Gasteiger partial charge >= 0.3 is 0 Å². The van der Waals surface area contributed by atoms with Gasteiger partial charge in [-0.05, 0) is 24.5 Å². The lowest BCUT2D eigenvalue weighted by Crippen LogP contribution is -2.19. The topological polar surface area (TPSA) is 143 Å². The summed E-state index contributed by atoms with van der Waals surface area (Å²) in [6.45, 7) is 7.84. The second kappa shape index (κ2) is 9.08. The number of amides is 1. The Morgan fingerprint density at radius 2 is 2.00 bits per heavy atom. The molecule has 0 aliphatic carbocycles. The molecule has 0 bridgehead atoms. The van der Waals surface area contributed by atoms with Crippen LogP contribution in [0.25, 0.3) is 50.5 Å². The van der Waals surface area contributed by atoms with E-state index in [-0.39, 0.29) is 27.9 Å². The Labute approximate surface area is 222 Å². The van der Waals surface area contributed by atoms with Crippen LogP contribution in [-0.2, 0) is 4.79 Å². The summed E-state index contributed by atoms with van der Waals surface area (Å²) in [6, 6.07) is 3.47. The number of anilines is 1. The van der Waals surface area contributed by atoms with Gasteiger partial charge in [-0.3, -0.25) is 19.4 Å². The number of carbonyl (C=O) groups is 1. The Bertz CT molecular complexity index is 1860. The highest BCUT2D eigenvalue weighted by Crippen LogP contribution is 2.33. The molecule has 1 amide bonds. The molecular formula is C27H25FN10O. The molecule has 0 aromatic carbocycles. The van der Waals surface area contributed by atoms with Crippen LogP contribution in [0.4, 0.5) is 10.1 Å². The maximum Gasteiger partial charge on any atom is 0.224 e. The first-order valence-electron chi connectivity index (χ1n) is 12.3. The maximum atomic E-state index is 16.1. The van der Waals surface area contributed by atoms with Crippen LogP contribution in [0.1, 0.15) is 32.9 Å². The average Bonchev–Trinajstić information content (AvgIpc) is 3.60. The summed E-state index contributed by atoms with van der Waals surface area (Å²) >= 11 is 0. The largest absolute Gasteiger partial charge is 0.336 e. The number of rotatable bonds is 5. The van der Waals surface area contributed by atoms with Gasteiger partial charge in [0.2, 0.25) is 5.91 Å². The van der Waals surface area contributed by atoms with Crippen molar-refractivity contribution >= 4 is 33.7 Å². The van der Waals surface area contributed by atoms with E-state index in [1.165, 1.54) is 18.6 Å². The van der Waals surface area contributed by atoms with Gasteiger partial charge in [0.25, 0.3) is 0 Å². The monoisotopic (exact) mass is 524 g/mol. The number of nitrogens with one attached hydrogen (secondary N) is 3. The molecule has 196 valence electrons. The number of aromatic amines is 2. The quantitative estimate of drug-likeness (QED) is 0.289. The van der Waals surface area contributed by atoms with Crippen LogP contribution in [0.2, 0.25) is 0 Å². The van der Waals surface area contributed by atoms with Crippen molar-refractivity contribution in [3.05, 3.63) is 61.0 Å². The summed E-state index contributed by atoms with van der Waals surface area (Å²) in [7, 11) is 0. The third-order valence-electron chi connectivity index (χ3n) is 6.12. The minimum absolute atomic E-state index is 0.141. The van der Waals surface area contributed by atoms with Crippen molar-refractivity contribution in [3.63, 3.8) is 0 Å². The first kappa shape index (κ1) is 24.3. The minimum Gasteiger partial charge on any atom is -0.336 e. The number of imidazole rings is 2. The fourth-order valence-corrected chi connectivity index (χ4v) is 4.43. The molecule has 0 saturated heterocycles. The normalized spacial score (nSPS) is 11.9. The van der Waals surface area contributed by atoms with E-state index in [9.17, 15) is 4.79 Å². The molecule has 3 N–H and O–H groups in total. The van der Waals surface area contributed by atoms with Crippen molar-refractivity contribution < 1.29 is 9.18 Å². The number of H-pyrrole nitrogens is 2. The Hall–Kier alpha value is -5.00. The SMILES string of the molecule is Cc1cn(-c2nccc3[nH]c(-c4[nH]nc5ncc(-c6cncc(NC(=O)CC(C)(C)C)c6)c(F)c45)nc23)cn1. The molecule has 11 nitrogen and oxygen atoms in total. The predicted octanol–water partition coefficient (Wildman–Crippen LogP) is 4.97. The van der Waals surface area contributed by atoms with E-state index in [1.54, 1.807) is 29.2 Å². The number of carbonyl (C=O) groups excluding carboxylic acids is 1. The van der Waals surface area contributed by atoms with Crippen LogP contribution in [0, 0.1) is 18.2 Å². The Morgan fingerprint density at radius 1 is 1.15 bits per heavy atom. The van der Waals surface area contributed by atoms with Crippen molar-refractivity contribution in [1.82, 2.24) is 44.7 Å². The molecule has 0 spiro atoms. The number of halogens is 1. The molecule has 0 atom stereocenters. The van der Waals surface area contributed by atoms with Crippen molar-refractivity contribution in [1.29, 1.82) is 0 Å². The minimum atomic E-state index is -0.534. The summed E-state index contributed by atoms with van der Waals surface area (Å²) in [5.41, 5.74) is 3.71. The highest BCUT2D eigenvalue weighted by Gasteiger charge is 2.22. The van der Waals surface area contributed by atoms with E-state index >= 15 is 4.39 Å². The van der Waals surface area contributed by atoms with Crippen LogP contribution < -0.4 is 5.32 Å². The number of aryl methyl sites for hydroxylation is 1. The van der Waals surface area contributed by atoms with Crippen LogP contribution in [0.15, 0.2) is 49.4 Å². The van der Waals surface area contributed by atoms with E-state index in [2.05, 4.69) is 40.4 Å². The molecule has 12 heteroatoms. The molecule has 39 heavy (non-hydrogen) atoms. The molecule has 0 aliphatic rings. The van der Waals surface area contributed by atoms with Gasteiger partial charge in [0, 0.05) is 42.3 Å². The van der Waals surface area contributed by atoms with Crippen molar-refractivity contribution in [2.24, 2.45) is 5.41 Å². The van der Waals surface area contributed by atoms with E-state index < -0.39 is 5.82 Å². The number of hydrogen-bond acceptors (Lipinski definition) is 7. The second-order valence-corrected chi connectivity index (χ2v) is 10.6. The predicted molar refractivity (Wildman–Crippen MR) is 145 cm³/mol. The fourth-order valence-electron chi connectivity index (χ4n) is 4.43. The van der Waals surface area contributed by atoms with Crippen molar-refractivity contribution in [2.75, 3.05) is 5.32 Å². The zero-order chi connectivity index (χ0) is 27.3. The zero-order valence-corrected chi connectivity index (χ0v) is 21.7. The smallest absolute Gasteiger partial charge is 0.224 e. The summed E-state index contributed by atoms with van der Waals surface area (Å²) in [6.07, 6.45) is 9.98. The Morgan fingerprint density at radius 3 is 2.77 bits per heavy atom. The van der Waals surface area contributed by atoms with Gasteiger partial charge in [-0.25, -0.2) is 24.3 Å². The van der Waals surface area contributed by atoms with Gasteiger partial charge in [0.05, 0.1) is 28.5 Å². The van der Waals surface area contributed by atoms with Gasteiger partial charge in [0.15, 0.2) is 17.3 Å². The molecule has 6 heterocycles. The zero-order valence-electron chi connectivity index (χ0n) is 21.7. The lowest BCUT2D eigenvalue weighted by Gasteiger charge is -2.17. The summed E-state index contributed by atoms with van der Waals surface area (Å²) in [4.78, 5) is 37.7. The Kier molecular flexibility index (Phi) is 5.67. The second-order valence-electron chi connectivity index (χ2n) is 10.6. The van der Waals surface area contributed by atoms with E-state index in [0.29, 0.717) is 40.5 Å². The van der Waals surface area contributed by atoms with Gasteiger partial charge < -0.3 is 10.3 Å².